The lowest BCUT2D eigenvalue weighted by molar-refractivity contribution is 0.286. The van der Waals surface area contributed by atoms with Gasteiger partial charge in [0.25, 0.3) is 0 Å². The van der Waals surface area contributed by atoms with Crippen LogP contribution in [0.1, 0.15) is 17.4 Å². The van der Waals surface area contributed by atoms with Crippen LogP contribution in [-0.2, 0) is 6.54 Å². The van der Waals surface area contributed by atoms with Crippen molar-refractivity contribution in [2.75, 3.05) is 27.7 Å². The fraction of sp³-hybridized carbons (Fsp3) is 0.375. The molecule has 21 heavy (non-hydrogen) atoms. The molecule has 0 bridgehead atoms. The highest BCUT2D eigenvalue weighted by Gasteiger charge is 2.14. The summed E-state index contributed by atoms with van der Waals surface area (Å²) < 4.78 is 5.30. The first kappa shape index (κ1) is 15.4. The lowest BCUT2D eigenvalue weighted by Crippen LogP contribution is -2.31. The van der Waals surface area contributed by atoms with E-state index in [9.17, 15) is 0 Å². The Morgan fingerprint density at radius 2 is 1.95 bits per heavy atom. The van der Waals surface area contributed by atoms with Gasteiger partial charge in [0.05, 0.1) is 13.7 Å². The summed E-state index contributed by atoms with van der Waals surface area (Å²) in [4.78, 5) is 10.6. The summed E-state index contributed by atoms with van der Waals surface area (Å²) in [7, 11) is 5.84. The number of benzene rings is 1. The van der Waals surface area contributed by atoms with Crippen LogP contribution in [0.2, 0.25) is 0 Å². The molecule has 1 aromatic heterocycles. The van der Waals surface area contributed by atoms with Gasteiger partial charge < -0.3 is 15.0 Å². The predicted octanol–water partition coefficient (Wildman–Crippen LogP) is 1.88. The van der Waals surface area contributed by atoms with Crippen molar-refractivity contribution >= 4 is 0 Å². The van der Waals surface area contributed by atoms with E-state index in [4.69, 9.17) is 4.74 Å². The second-order valence-corrected chi connectivity index (χ2v) is 5.05. The van der Waals surface area contributed by atoms with Crippen LogP contribution in [0, 0.1) is 0 Å². The van der Waals surface area contributed by atoms with Crippen LogP contribution in [0.5, 0.6) is 5.75 Å². The number of rotatable bonds is 7. The second kappa shape index (κ2) is 7.71. The molecule has 1 atom stereocenters. The number of ether oxygens (including phenoxy) is 1. The molecule has 0 fully saturated rings. The summed E-state index contributed by atoms with van der Waals surface area (Å²) in [6.45, 7) is 1.48. The lowest BCUT2D eigenvalue weighted by Gasteiger charge is -2.25. The molecule has 0 radical (unpaired) electrons. The van der Waals surface area contributed by atoms with Gasteiger partial charge in [-0.1, -0.05) is 12.1 Å². The number of nitrogens with one attached hydrogen (secondary N) is 1. The molecule has 0 aliphatic heterocycles. The van der Waals surface area contributed by atoms with Crippen molar-refractivity contribution in [3.05, 3.63) is 54.1 Å². The van der Waals surface area contributed by atoms with Crippen molar-refractivity contribution in [3.63, 3.8) is 0 Å². The smallest absolute Gasteiger partial charge is 0.141 e. The zero-order valence-corrected chi connectivity index (χ0v) is 12.8. The molecule has 1 unspecified atom stereocenters. The third kappa shape index (κ3) is 4.51. The summed E-state index contributed by atoms with van der Waals surface area (Å²) in [5.74, 6) is 1.69. The third-order valence-corrected chi connectivity index (χ3v) is 3.34. The molecular formula is C16H22N4O. The van der Waals surface area contributed by atoms with E-state index < -0.39 is 0 Å². The van der Waals surface area contributed by atoms with E-state index in [1.807, 2.05) is 18.2 Å². The van der Waals surface area contributed by atoms with Gasteiger partial charge in [-0.25, -0.2) is 9.97 Å². The first-order valence-electron chi connectivity index (χ1n) is 6.97. The predicted molar refractivity (Wildman–Crippen MR) is 83.2 cm³/mol. The Morgan fingerprint density at radius 3 is 2.62 bits per heavy atom. The van der Waals surface area contributed by atoms with Crippen molar-refractivity contribution in [1.82, 2.24) is 20.2 Å². The normalized spacial score (nSPS) is 12.4. The number of nitrogens with zero attached hydrogens (tertiary/aromatic N) is 3. The number of hydrogen-bond donors (Lipinski definition) is 1. The first-order valence-corrected chi connectivity index (χ1v) is 6.97. The first-order chi connectivity index (χ1) is 10.2. The lowest BCUT2D eigenvalue weighted by atomic mass is 10.1. The molecule has 2 aromatic rings. The Bertz CT molecular complexity index is 545. The molecule has 0 aliphatic rings. The molecule has 5 heteroatoms. The Hall–Kier alpha value is -1.98. The maximum Gasteiger partial charge on any atom is 0.141 e. The Labute approximate surface area is 126 Å². The van der Waals surface area contributed by atoms with Gasteiger partial charge in [0.1, 0.15) is 11.6 Å². The molecule has 1 N–H and O–H groups in total. The zero-order valence-electron chi connectivity index (χ0n) is 12.8. The van der Waals surface area contributed by atoms with Crippen molar-refractivity contribution in [2.45, 2.75) is 12.6 Å². The highest BCUT2D eigenvalue weighted by molar-refractivity contribution is 5.30. The van der Waals surface area contributed by atoms with E-state index in [1.54, 1.807) is 19.5 Å². The van der Waals surface area contributed by atoms with Crippen LogP contribution < -0.4 is 10.1 Å². The van der Waals surface area contributed by atoms with E-state index in [2.05, 4.69) is 46.4 Å². The highest BCUT2D eigenvalue weighted by Crippen LogP contribution is 2.22. The van der Waals surface area contributed by atoms with E-state index in [1.165, 1.54) is 5.56 Å². The Balaban J connectivity index is 1.99. The van der Waals surface area contributed by atoms with Gasteiger partial charge in [0, 0.05) is 25.0 Å². The molecule has 0 saturated carbocycles. The molecular weight excluding hydrogens is 264 g/mol. The zero-order chi connectivity index (χ0) is 15.1. The minimum atomic E-state index is 0.267. The Kier molecular flexibility index (Phi) is 5.66. The van der Waals surface area contributed by atoms with E-state index in [0.717, 1.165) is 18.1 Å². The average molecular weight is 286 g/mol. The molecule has 2 rings (SSSR count). The fourth-order valence-corrected chi connectivity index (χ4v) is 2.19. The molecule has 0 amide bonds. The SMILES string of the molecule is COc1cccc(C(CNCc2ncccn2)N(C)C)c1. The van der Waals surface area contributed by atoms with Crippen LogP contribution in [0.4, 0.5) is 0 Å². The molecule has 5 nitrogen and oxygen atoms in total. The van der Waals surface area contributed by atoms with Gasteiger partial charge in [-0.05, 0) is 37.9 Å². The second-order valence-electron chi connectivity index (χ2n) is 5.05. The number of hydrogen-bond acceptors (Lipinski definition) is 5. The number of methoxy groups -OCH3 is 1. The third-order valence-electron chi connectivity index (χ3n) is 3.34. The van der Waals surface area contributed by atoms with Crippen LogP contribution in [0.25, 0.3) is 0 Å². The van der Waals surface area contributed by atoms with Gasteiger partial charge in [-0.15, -0.1) is 0 Å². The van der Waals surface area contributed by atoms with Gasteiger partial charge >= 0.3 is 0 Å². The topological polar surface area (TPSA) is 50.3 Å². The van der Waals surface area contributed by atoms with Gasteiger partial charge in [0.2, 0.25) is 0 Å². The molecule has 1 aromatic carbocycles. The summed E-state index contributed by atoms with van der Waals surface area (Å²) in [6.07, 6.45) is 3.52. The standard InChI is InChI=1S/C16H22N4O/c1-20(2)15(13-6-4-7-14(10-13)21-3)11-17-12-16-18-8-5-9-19-16/h4-10,15,17H,11-12H2,1-3H3. The van der Waals surface area contributed by atoms with Gasteiger partial charge in [0.15, 0.2) is 0 Å². The summed E-state index contributed by atoms with van der Waals surface area (Å²) in [5, 5.41) is 3.41. The van der Waals surface area contributed by atoms with E-state index >= 15 is 0 Å². The molecule has 0 saturated heterocycles. The summed E-state index contributed by atoms with van der Waals surface area (Å²) in [6, 6.07) is 10.3. The number of likely N-dealkylation sites (N-methyl/N-ethyl adjacent to an activating group) is 1. The highest BCUT2D eigenvalue weighted by atomic mass is 16.5. The maximum absolute atomic E-state index is 5.30. The minimum absolute atomic E-state index is 0.267. The van der Waals surface area contributed by atoms with E-state index in [-0.39, 0.29) is 6.04 Å². The summed E-state index contributed by atoms with van der Waals surface area (Å²) >= 11 is 0. The maximum atomic E-state index is 5.30. The molecule has 0 spiro atoms. The van der Waals surface area contributed by atoms with Crippen LogP contribution in [0.15, 0.2) is 42.7 Å². The minimum Gasteiger partial charge on any atom is -0.497 e. The molecule has 0 aliphatic carbocycles. The molecule has 1 heterocycles. The quantitative estimate of drug-likeness (QED) is 0.842. The van der Waals surface area contributed by atoms with Crippen molar-refractivity contribution in [1.29, 1.82) is 0 Å². The van der Waals surface area contributed by atoms with Crippen LogP contribution >= 0.6 is 0 Å². The Morgan fingerprint density at radius 1 is 1.19 bits per heavy atom. The fourth-order valence-electron chi connectivity index (χ4n) is 2.19. The van der Waals surface area contributed by atoms with Crippen molar-refractivity contribution in [3.8, 4) is 5.75 Å². The van der Waals surface area contributed by atoms with Crippen LogP contribution in [-0.4, -0.2) is 42.6 Å². The number of aromatic nitrogens is 2. The monoisotopic (exact) mass is 286 g/mol. The average Bonchev–Trinajstić information content (AvgIpc) is 2.52. The molecule has 112 valence electrons. The van der Waals surface area contributed by atoms with Crippen LogP contribution in [0.3, 0.4) is 0 Å². The van der Waals surface area contributed by atoms with Gasteiger partial charge in [-0.3, -0.25) is 0 Å². The van der Waals surface area contributed by atoms with Crippen molar-refractivity contribution < 1.29 is 4.74 Å². The van der Waals surface area contributed by atoms with Gasteiger partial charge in [-0.2, -0.15) is 0 Å². The summed E-state index contributed by atoms with van der Waals surface area (Å²) in [5.41, 5.74) is 1.22. The largest absolute Gasteiger partial charge is 0.497 e. The van der Waals surface area contributed by atoms with Crippen molar-refractivity contribution in [2.24, 2.45) is 0 Å². The van der Waals surface area contributed by atoms with E-state index in [0.29, 0.717) is 6.54 Å².